The Labute approximate surface area is 154 Å². The molecule has 2 aromatic carbocycles. The molecule has 0 fully saturated rings. The summed E-state index contributed by atoms with van der Waals surface area (Å²) in [6.07, 6.45) is 1.25. The van der Waals surface area contributed by atoms with Gasteiger partial charge in [0.25, 0.3) is 10.0 Å². The number of sulfonamides is 1. The molecule has 0 unspecified atom stereocenters. The van der Waals surface area contributed by atoms with Crippen LogP contribution in [0.5, 0.6) is 5.75 Å². The molecule has 0 aliphatic carbocycles. The number of H-pyrrole nitrogens is 1. The Morgan fingerprint density at radius 1 is 1.11 bits per heavy atom. The van der Waals surface area contributed by atoms with Gasteiger partial charge in [0.2, 0.25) is 0 Å². The van der Waals surface area contributed by atoms with Gasteiger partial charge in [-0.2, -0.15) is 5.26 Å². The van der Waals surface area contributed by atoms with Gasteiger partial charge < -0.3 is 9.72 Å². The summed E-state index contributed by atoms with van der Waals surface area (Å²) in [7, 11) is -4.15. The van der Waals surface area contributed by atoms with Gasteiger partial charge in [0.05, 0.1) is 5.69 Å². The summed E-state index contributed by atoms with van der Waals surface area (Å²) in [5.74, 6) is -2.51. The van der Waals surface area contributed by atoms with Crippen molar-refractivity contribution in [2.75, 3.05) is 11.3 Å². The third-order valence-electron chi connectivity index (χ3n) is 3.61. The van der Waals surface area contributed by atoms with Crippen LogP contribution in [0.4, 0.5) is 14.5 Å². The zero-order chi connectivity index (χ0) is 19.4. The highest BCUT2D eigenvalue weighted by Gasteiger charge is 2.20. The Kier molecular flexibility index (Phi) is 5.09. The van der Waals surface area contributed by atoms with Gasteiger partial charge in [0, 0.05) is 24.0 Å². The van der Waals surface area contributed by atoms with E-state index >= 15 is 0 Å². The Bertz CT molecular complexity index is 1110. The maximum atomic E-state index is 14.1. The summed E-state index contributed by atoms with van der Waals surface area (Å²) < 4.78 is 59.7. The van der Waals surface area contributed by atoms with E-state index in [0.717, 1.165) is 5.56 Å². The summed E-state index contributed by atoms with van der Waals surface area (Å²) in [4.78, 5) is 2.70. The largest absolute Gasteiger partial charge is 0.476 e. The number of nitrogens with one attached hydrogen (secondary N) is 2. The summed E-state index contributed by atoms with van der Waals surface area (Å²) in [6, 6.07) is 13.4. The highest BCUT2D eigenvalue weighted by atomic mass is 32.2. The lowest BCUT2D eigenvalue weighted by molar-refractivity contribution is 0.344. The van der Waals surface area contributed by atoms with E-state index in [-0.39, 0.29) is 4.90 Å². The second kappa shape index (κ2) is 7.47. The maximum Gasteiger partial charge on any atom is 0.263 e. The lowest BCUT2D eigenvalue weighted by Crippen LogP contribution is -2.13. The highest BCUT2D eigenvalue weighted by molar-refractivity contribution is 7.92. The zero-order valence-electron chi connectivity index (χ0n) is 13.7. The molecule has 0 aliphatic rings. The Morgan fingerprint density at radius 2 is 1.85 bits per heavy atom. The fourth-order valence-corrected chi connectivity index (χ4v) is 3.40. The van der Waals surface area contributed by atoms with Crippen LogP contribution in [0.25, 0.3) is 11.3 Å². The van der Waals surface area contributed by atoms with Crippen molar-refractivity contribution in [3.8, 4) is 23.1 Å². The van der Waals surface area contributed by atoms with Crippen LogP contribution in [0.2, 0.25) is 0 Å². The van der Waals surface area contributed by atoms with Gasteiger partial charge in [0.1, 0.15) is 11.0 Å². The molecule has 1 heterocycles. The number of ether oxygens (including phenoxy) is 1. The van der Waals surface area contributed by atoms with Crippen LogP contribution in [0.1, 0.15) is 0 Å². The third-order valence-corrected chi connectivity index (χ3v) is 4.95. The molecule has 3 aromatic rings. The predicted molar refractivity (Wildman–Crippen MR) is 94.5 cm³/mol. The number of aromatic amines is 1. The second-order valence-corrected chi connectivity index (χ2v) is 7.11. The molecule has 1 aromatic heterocycles. The van der Waals surface area contributed by atoms with Crippen molar-refractivity contribution in [2.45, 2.75) is 4.90 Å². The van der Waals surface area contributed by atoms with Gasteiger partial charge in [-0.1, -0.05) is 30.3 Å². The Balaban J connectivity index is 1.86. The Hall–Kier alpha value is -3.38. The number of hydrogen-bond acceptors (Lipinski definition) is 4. The van der Waals surface area contributed by atoms with Gasteiger partial charge >= 0.3 is 0 Å². The molecule has 0 aliphatic heterocycles. The Morgan fingerprint density at radius 3 is 2.56 bits per heavy atom. The first-order chi connectivity index (χ1) is 12.9. The molecule has 27 heavy (non-hydrogen) atoms. The zero-order valence-corrected chi connectivity index (χ0v) is 14.6. The molecule has 0 spiro atoms. The molecular formula is C18H13F2N3O3S. The van der Waals surface area contributed by atoms with Crippen molar-refractivity contribution in [1.29, 1.82) is 5.26 Å². The van der Waals surface area contributed by atoms with E-state index in [4.69, 9.17) is 10.00 Å². The van der Waals surface area contributed by atoms with Crippen LogP contribution in [-0.4, -0.2) is 20.0 Å². The number of benzene rings is 2. The van der Waals surface area contributed by atoms with E-state index in [1.165, 1.54) is 12.3 Å². The molecule has 0 saturated heterocycles. The molecule has 9 heteroatoms. The lowest BCUT2D eigenvalue weighted by Gasteiger charge is -2.10. The molecule has 0 radical (unpaired) electrons. The van der Waals surface area contributed by atoms with Crippen molar-refractivity contribution in [1.82, 2.24) is 4.98 Å². The quantitative estimate of drug-likeness (QED) is 0.673. The third kappa shape index (κ3) is 4.07. The number of rotatable bonds is 6. The normalized spacial score (nSPS) is 11.0. The second-order valence-electron chi connectivity index (χ2n) is 5.43. The van der Waals surface area contributed by atoms with E-state index in [2.05, 4.69) is 4.98 Å². The van der Waals surface area contributed by atoms with Gasteiger partial charge in [0.15, 0.2) is 24.0 Å². The predicted octanol–water partition coefficient (Wildman–Crippen LogP) is 3.66. The van der Waals surface area contributed by atoms with Gasteiger partial charge in [-0.3, -0.25) is 4.72 Å². The first-order valence-corrected chi connectivity index (χ1v) is 9.14. The average Bonchev–Trinajstić information content (AvgIpc) is 3.15. The van der Waals surface area contributed by atoms with Gasteiger partial charge in [-0.25, -0.2) is 17.2 Å². The minimum atomic E-state index is -4.15. The lowest BCUT2D eigenvalue weighted by atomic mass is 10.2. The van der Waals surface area contributed by atoms with Gasteiger partial charge in [-0.05, 0) is 11.6 Å². The number of hydrogen-bond donors (Lipinski definition) is 2. The smallest absolute Gasteiger partial charge is 0.263 e. The highest BCUT2D eigenvalue weighted by Crippen LogP contribution is 2.28. The number of nitrogens with zero attached hydrogens (tertiary/aromatic N) is 1. The molecule has 0 atom stereocenters. The molecule has 6 nitrogen and oxygen atoms in total. The summed E-state index contributed by atoms with van der Waals surface area (Å²) in [6.45, 7) is -0.465. The molecule has 0 saturated carbocycles. The van der Waals surface area contributed by atoms with E-state index in [1.807, 2.05) is 10.8 Å². The number of nitriles is 1. The SMILES string of the molecule is N#CCOc1cc(F)c(NS(=O)(=O)c2c[nH]c(-c3ccccc3)c2)cc1F. The van der Waals surface area contributed by atoms with Crippen LogP contribution < -0.4 is 9.46 Å². The van der Waals surface area contributed by atoms with Crippen LogP contribution in [0, 0.1) is 23.0 Å². The molecule has 138 valence electrons. The monoisotopic (exact) mass is 389 g/mol. The first-order valence-electron chi connectivity index (χ1n) is 7.66. The van der Waals surface area contributed by atoms with Gasteiger partial charge in [-0.15, -0.1) is 0 Å². The molecule has 2 N–H and O–H groups in total. The van der Waals surface area contributed by atoms with Crippen molar-refractivity contribution >= 4 is 15.7 Å². The minimum Gasteiger partial charge on any atom is -0.476 e. The van der Waals surface area contributed by atoms with Crippen LogP contribution in [0.3, 0.4) is 0 Å². The van der Waals surface area contributed by atoms with E-state index in [0.29, 0.717) is 17.8 Å². The fourth-order valence-electron chi connectivity index (χ4n) is 2.35. The van der Waals surface area contributed by atoms with Crippen molar-refractivity contribution in [3.63, 3.8) is 0 Å². The number of anilines is 1. The van der Waals surface area contributed by atoms with E-state index in [1.54, 1.807) is 30.3 Å². The topological polar surface area (TPSA) is 95.0 Å². The first kappa shape index (κ1) is 18.4. The number of halogens is 2. The van der Waals surface area contributed by atoms with E-state index < -0.39 is 39.7 Å². The summed E-state index contributed by atoms with van der Waals surface area (Å²) >= 11 is 0. The maximum absolute atomic E-state index is 14.1. The van der Waals surface area contributed by atoms with Crippen molar-refractivity contribution in [3.05, 3.63) is 66.4 Å². The summed E-state index contributed by atoms with van der Waals surface area (Å²) in [5.41, 5.74) is 0.761. The van der Waals surface area contributed by atoms with Crippen LogP contribution >= 0.6 is 0 Å². The van der Waals surface area contributed by atoms with Crippen LogP contribution in [-0.2, 0) is 10.0 Å². The molecular weight excluding hydrogens is 376 g/mol. The average molecular weight is 389 g/mol. The standard InChI is InChI=1S/C18H13F2N3O3S/c19-14-10-18(26-7-6-21)15(20)9-17(14)23-27(24,25)13-8-16(22-11-13)12-4-2-1-3-5-12/h1-5,8-11,22-23H,7H2. The van der Waals surface area contributed by atoms with E-state index in [9.17, 15) is 17.2 Å². The molecule has 0 bridgehead atoms. The summed E-state index contributed by atoms with van der Waals surface area (Å²) in [5, 5.41) is 8.42. The van der Waals surface area contributed by atoms with Crippen molar-refractivity contribution in [2.24, 2.45) is 0 Å². The molecule has 3 rings (SSSR count). The minimum absolute atomic E-state index is 0.133. The number of aromatic nitrogens is 1. The fraction of sp³-hybridized carbons (Fsp3) is 0.0556. The van der Waals surface area contributed by atoms with Crippen LogP contribution in [0.15, 0.2) is 59.6 Å². The molecule has 0 amide bonds. The van der Waals surface area contributed by atoms with Crippen molar-refractivity contribution < 1.29 is 21.9 Å².